The Morgan fingerprint density at radius 1 is 1.12 bits per heavy atom. The zero-order chi connectivity index (χ0) is 23.0. The van der Waals surface area contributed by atoms with E-state index in [9.17, 15) is 14.7 Å². The Hall–Kier alpha value is -3.09. The molecule has 1 aliphatic heterocycles. The van der Waals surface area contributed by atoms with Crippen LogP contribution in [0.5, 0.6) is 5.75 Å². The molecule has 0 bridgehead atoms. The van der Waals surface area contributed by atoms with Crippen molar-refractivity contribution in [3.05, 3.63) is 86.6 Å². The van der Waals surface area contributed by atoms with E-state index in [2.05, 4.69) is 0 Å². The molecule has 1 aromatic heterocycles. The second kappa shape index (κ2) is 8.81. The highest BCUT2D eigenvalue weighted by Crippen LogP contribution is 2.44. The number of carbonyl (C=O) groups excluding carboxylic acids is 2. The first-order valence-electron chi connectivity index (χ1n) is 10.2. The van der Waals surface area contributed by atoms with Crippen LogP contribution < -0.4 is 9.64 Å². The maximum Gasteiger partial charge on any atom is 0.300 e. The van der Waals surface area contributed by atoms with E-state index in [0.717, 1.165) is 10.4 Å². The number of amides is 1. The number of carbonyl (C=O) groups is 2. The number of thiophene rings is 1. The number of aliphatic hydroxyl groups is 1. The minimum absolute atomic E-state index is 0.0135. The summed E-state index contributed by atoms with van der Waals surface area (Å²) in [4.78, 5) is 28.5. The van der Waals surface area contributed by atoms with Crippen LogP contribution in [0.3, 0.4) is 0 Å². The lowest BCUT2D eigenvalue weighted by atomic mass is 9.99. The number of ether oxygens (including phenoxy) is 1. The first-order chi connectivity index (χ1) is 15.3. The van der Waals surface area contributed by atoms with Crippen molar-refractivity contribution in [1.29, 1.82) is 0 Å². The fourth-order valence-electron chi connectivity index (χ4n) is 3.76. The number of aryl methyl sites for hydroxylation is 1. The van der Waals surface area contributed by atoms with Gasteiger partial charge >= 0.3 is 0 Å². The third kappa shape index (κ3) is 4.04. The highest BCUT2D eigenvalue weighted by atomic mass is 35.5. The summed E-state index contributed by atoms with van der Waals surface area (Å²) in [5.41, 5.74) is 1.82. The molecule has 5 nitrogen and oxygen atoms in total. The molecule has 2 aromatic carbocycles. The van der Waals surface area contributed by atoms with Crippen LogP contribution in [0.2, 0.25) is 5.02 Å². The van der Waals surface area contributed by atoms with E-state index >= 15 is 0 Å². The van der Waals surface area contributed by atoms with Gasteiger partial charge in [0.2, 0.25) is 0 Å². The summed E-state index contributed by atoms with van der Waals surface area (Å²) in [6.45, 7) is 5.70. The molecule has 3 aromatic rings. The zero-order valence-electron chi connectivity index (χ0n) is 17.8. The maximum absolute atomic E-state index is 13.2. The summed E-state index contributed by atoms with van der Waals surface area (Å²) in [6, 6.07) is 15.0. The highest BCUT2D eigenvalue weighted by Gasteiger charge is 2.47. The van der Waals surface area contributed by atoms with Crippen LogP contribution in [0, 0.1) is 6.92 Å². The summed E-state index contributed by atoms with van der Waals surface area (Å²) in [5, 5.41) is 13.5. The van der Waals surface area contributed by atoms with E-state index in [1.807, 2.05) is 38.3 Å². The number of Topliss-reactive ketones (excluding diaryl/α,β-unsaturated/α-hetero) is 1. The van der Waals surface area contributed by atoms with Gasteiger partial charge in [-0.1, -0.05) is 23.7 Å². The minimum Gasteiger partial charge on any atom is -0.507 e. The number of rotatable bonds is 5. The Kier molecular flexibility index (Phi) is 6.09. The Bertz CT molecular complexity index is 1200. The SMILES string of the molecule is Cc1ccc(Cl)cc1N1C(=O)C(=O)/C(=C(\O)c2ccc(OC(C)C)cc2)C1c1cccs1. The average Bonchev–Trinajstić information content (AvgIpc) is 3.37. The fraction of sp³-hybridized carbons (Fsp3) is 0.200. The van der Waals surface area contributed by atoms with Gasteiger partial charge in [-0.05, 0) is 74.2 Å². The van der Waals surface area contributed by atoms with E-state index in [1.165, 1.54) is 16.2 Å². The van der Waals surface area contributed by atoms with E-state index < -0.39 is 17.7 Å². The number of ketones is 1. The van der Waals surface area contributed by atoms with Gasteiger partial charge in [-0.2, -0.15) is 0 Å². The molecule has 0 spiro atoms. The van der Waals surface area contributed by atoms with E-state index in [-0.39, 0.29) is 17.4 Å². The standard InChI is InChI=1S/C25H22ClNO4S/c1-14(2)31-18-10-7-16(8-11-18)23(28)21-22(20-5-4-12-32-20)27(25(30)24(21)29)19-13-17(26)9-6-15(19)3/h4-14,22,28H,1-3H3/b23-21-. The normalized spacial score (nSPS) is 17.9. The minimum atomic E-state index is -0.751. The van der Waals surface area contributed by atoms with Crippen molar-refractivity contribution in [3.8, 4) is 5.75 Å². The van der Waals surface area contributed by atoms with Crippen molar-refractivity contribution in [2.24, 2.45) is 0 Å². The number of hydrogen-bond donors (Lipinski definition) is 1. The van der Waals surface area contributed by atoms with Crippen LogP contribution in [0.4, 0.5) is 5.69 Å². The second-order valence-corrected chi connectivity index (χ2v) is 9.22. The number of benzene rings is 2. The third-order valence-corrected chi connectivity index (χ3v) is 6.35. The van der Waals surface area contributed by atoms with Crippen LogP contribution in [-0.4, -0.2) is 22.9 Å². The van der Waals surface area contributed by atoms with Crippen molar-refractivity contribution in [3.63, 3.8) is 0 Å². The summed E-state index contributed by atoms with van der Waals surface area (Å²) in [6.07, 6.45) is 0.0135. The van der Waals surface area contributed by atoms with Crippen molar-refractivity contribution in [2.45, 2.75) is 32.9 Å². The van der Waals surface area contributed by atoms with Crippen molar-refractivity contribution in [1.82, 2.24) is 0 Å². The predicted molar refractivity (Wildman–Crippen MR) is 127 cm³/mol. The molecular formula is C25H22ClNO4S. The van der Waals surface area contributed by atoms with Crippen LogP contribution in [0.1, 0.15) is 35.9 Å². The largest absolute Gasteiger partial charge is 0.507 e. The summed E-state index contributed by atoms with van der Waals surface area (Å²) >= 11 is 7.62. The fourth-order valence-corrected chi connectivity index (χ4v) is 4.75. The monoisotopic (exact) mass is 467 g/mol. The first kappa shape index (κ1) is 22.1. The van der Waals surface area contributed by atoms with Crippen LogP contribution in [0.15, 0.2) is 65.6 Å². The van der Waals surface area contributed by atoms with Crippen LogP contribution in [0.25, 0.3) is 5.76 Å². The highest BCUT2D eigenvalue weighted by molar-refractivity contribution is 7.10. The van der Waals surface area contributed by atoms with E-state index in [0.29, 0.717) is 22.0 Å². The Labute approximate surface area is 195 Å². The van der Waals surface area contributed by atoms with Gasteiger partial charge in [0.25, 0.3) is 11.7 Å². The molecule has 1 saturated heterocycles. The summed E-state index contributed by atoms with van der Waals surface area (Å²) in [7, 11) is 0. The molecule has 1 N–H and O–H groups in total. The lowest BCUT2D eigenvalue weighted by Gasteiger charge is -2.25. The molecule has 0 aliphatic carbocycles. The molecule has 32 heavy (non-hydrogen) atoms. The van der Waals surface area contributed by atoms with Gasteiger partial charge in [-0.15, -0.1) is 11.3 Å². The molecule has 1 atom stereocenters. The summed E-state index contributed by atoms with van der Waals surface area (Å²) < 4.78 is 5.65. The van der Waals surface area contributed by atoms with Gasteiger partial charge < -0.3 is 9.84 Å². The number of halogens is 1. The molecule has 1 amide bonds. The number of aliphatic hydroxyl groups excluding tert-OH is 1. The first-order valence-corrected chi connectivity index (χ1v) is 11.4. The van der Waals surface area contributed by atoms with Crippen molar-refractivity contribution in [2.75, 3.05) is 4.90 Å². The molecule has 7 heteroatoms. The maximum atomic E-state index is 13.2. The molecule has 1 aliphatic rings. The van der Waals surface area contributed by atoms with Gasteiger partial charge in [0.05, 0.1) is 11.7 Å². The van der Waals surface area contributed by atoms with E-state index in [1.54, 1.807) is 42.5 Å². The molecular weight excluding hydrogens is 446 g/mol. The lowest BCUT2D eigenvalue weighted by Crippen LogP contribution is -2.29. The average molecular weight is 468 g/mol. The Balaban J connectivity index is 1.86. The van der Waals surface area contributed by atoms with Crippen molar-refractivity contribution >= 4 is 46.1 Å². The molecule has 164 valence electrons. The molecule has 4 rings (SSSR count). The number of anilines is 1. The Morgan fingerprint density at radius 2 is 1.84 bits per heavy atom. The van der Waals surface area contributed by atoms with Gasteiger partial charge in [0, 0.05) is 21.2 Å². The summed E-state index contributed by atoms with van der Waals surface area (Å²) in [5.74, 6) is -1.00. The molecule has 0 radical (unpaired) electrons. The van der Waals surface area contributed by atoms with Gasteiger partial charge in [0.1, 0.15) is 17.6 Å². The quantitative estimate of drug-likeness (QED) is 0.278. The van der Waals surface area contributed by atoms with E-state index in [4.69, 9.17) is 16.3 Å². The zero-order valence-corrected chi connectivity index (χ0v) is 19.4. The van der Waals surface area contributed by atoms with Crippen LogP contribution in [-0.2, 0) is 9.59 Å². The molecule has 2 heterocycles. The molecule has 1 unspecified atom stereocenters. The van der Waals surface area contributed by atoms with Crippen molar-refractivity contribution < 1.29 is 19.4 Å². The van der Waals surface area contributed by atoms with Gasteiger partial charge in [-0.25, -0.2) is 0 Å². The topological polar surface area (TPSA) is 66.8 Å². The van der Waals surface area contributed by atoms with Gasteiger partial charge in [-0.3, -0.25) is 14.5 Å². The molecule has 0 saturated carbocycles. The number of nitrogens with zero attached hydrogens (tertiary/aromatic N) is 1. The Morgan fingerprint density at radius 3 is 2.47 bits per heavy atom. The number of hydrogen-bond acceptors (Lipinski definition) is 5. The smallest absolute Gasteiger partial charge is 0.300 e. The third-order valence-electron chi connectivity index (χ3n) is 5.19. The molecule has 1 fully saturated rings. The van der Waals surface area contributed by atoms with Gasteiger partial charge in [0.15, 0.2) is 0 Å². The predicted octanol–water partition coefficient (Wildman–Crippen LogP) is 6.12. The second-order valence-electron chi connectivity index (χ2n) is 7.81. The van der Waals surface area contributed by atoms with Crippen LogP contribution >= 0.6 is 22.9 Å². The lowest BCUT2D eigenvalue weighted by molar-refractivity contribution is -0.132.